The number of rotatable bonds is 4. The van der Waals surface area contributed by atoms with Crippen LogP contribution in [0.4, 0.5) is 14.9 Å². The van der Waals surface area contributed by atoms with Gasteiger partial charge in [0.15, 0.2) is 0 Å². The Labute approximate surface area is 151 Å². The molecule has 1 atom stereocenters. The maximum Gasteiger partial charge on any atom is 0.410 e. The van der Waals surface area contributed by atoms with E-state index in [4.69, 9.17) is 4.74 Å². The van der Waals surface area contributed by atoms with Crippen molar-refractivity contribution < 1.29 is 18.7 Å². The topological polar surface area (TPSA) is 58.6 Å². The van der Waals surface area contributed by atoms with Crippen molar-refractivity contribution in [3.05, 3.63) is 66.0 Å². The van der Waals surface area contributed by atoms with Crippen molar-refractivity contribution >= 4 is 17.7 Å². The molecule has 3 rings (SSSR count). The lowest BCUT2D eigenvalue weighted by atomic mass is 9.97. The lowest BCUT2D eigenvalue weighted by Crippen LogP contribution is -2.44. The fourth-order valence-electron chi connectivity index (χ4n) is 2.95. The molecule has 2 aromatic rings. The van der Waals surface area contributed by atoms with E-state index in [1.807, 2.05) is 30.3 Å². The van der Waals surface area contributed by atoms with Gasteiger partial charge in [-0.15, -0.1) is 0 Å². The van der Waals surface area contributed by atoms with Crippen LogP contribution in [0.25, 0.3) is 0 Å². The van der Waals surface area contributed by atoms with Gasteiger partial charge >= 0.3 is 6.09 Å². The Morgan fingerprint density at radius 1 is 1.12 bits per heavy atom. The molecule has 5 nitrogen and oxygen atoms in total. The van der Waals surface area contributed by atoms with Crippen LogP contribution >= 0.6 is 0 Å². The summed E-state index contributed by atoms with van der Waals surface area (Å²) in [6, 6.07) is 15.1. The van der Waals surface area contributed by atoms with E-state index in [1.54, 1.807) is 4.90 Å². The molecule has 1 fully saturated rings. The van der Waals surface area contributed by atoms with Crippen molar-refractivity contribution in [2.24, 2.45) is 5.92 Å². The number of benzene rings is 2. The van der Waals surface area contributed by atoms with Gasteiger partial charge < -0.3 is 15.0 Å². The first-order valence-corrected chi connectivity index (χ1v) is 8.64. The first-order chi connectivity index (χ1) is 12.6. The highest BCUT2D eigenvalue weighted by molar-refractivity contribution is 5.93. The standard InChI is InChI=1S/C20H21FN2O3/c21-17-8-10-18(11-9-17)22-19(24)16-7-4-12-23(13-16)20(25)26-14-15-5-2-1-3-6-15/h1-3,5-6,8-11,16H,4,7,12-14H2,(H,22,24)/t16-/m1/s1. The number of nitrogens with zero attached hydrogens (tertiary/aromatic N) is 1. The fourth-order valence-corrected chi connectivity index (χ4v) is 2.95. The molecule has 1 heterocycles. The van der Waals surface area contributed by atoms with Crippen LogP contribution in [0.2, 0.25) is 0 Å². The van der Waals surface area contributed by atoms with Crippen LogP contribution in [-0.2, 0) is 16.1 Å². The molecule has 1 aliphatic heterocycles. The minimum absolute atomic E-state index is 0.169. The van der Waals surface area contributed by atoms with Crippen molar-refractivity contribution in [2.75, 3.05) is 18.4 Å². The van der Waals surface area contributed by atoms with Crippen LogP contribution in [0.1, 0.15) is 18.4 Å². The number of anilines is 1. The van der Waals surface area contributed by atoms with Gasteiger partial charge in [0.05, 0.1) is 5.92 Å². The first-order valence-electron chi connectivity index (χ1n) is 8.64. The van der Waals surface area contributed by atoms with Gasteiger partial charge in [-0.2, -0.15) is 0 Å². The monoisotopic (exact) mass is 356 g/mol. The molecule has 0 aromatic heterocycles. The lowest BCUT2D eigenvalue weighted by molar-refractivity contribution is -0.121. The zero-order valence-electron chi connectivity index (χ0n) is 14.4. The van der Waals surface area contributed by atoms with Crippen molar-refractivity contribution in [2.45, 2.75) is 19.4 Å². The third-order valence-electron chi connectivity index (χ3n) is 4.37. The second-order valence-corrected chi connectivity index (χ2v) is 6.32. The fraction of sp³-hybridized carbons (Fsp3) is 0.300. The molecule has 0 unspecified atom stereocenters. The quantitative estimate of drug-likeness (QED) is 0.906. The summed E-state index contributed by atoms with van der Waals surface area (Å²) in [5.41, 5.74) is 1.46. The third kappa shape index (κ3) is 4.81. The largest absolute Gasteiger partial charge is 0.445 e. The number of carbonyl (C=O) groups excluding carboxylic acids is 2. The van der Waals surface area contributed by atoms with Crippen LogP contribution in [0.5, 0.6) is 0 Å². The molecule has 0 saturated carbocycles. The van der Waals surface area contributed by atoms with Crippen LogP contribution < -0.4 is 5.32 Å². The predicted molar refractivity (Wildman–Crippen MR) is 96.0 cm³/mol. The summed E-state index contributed by atoms with van der Waals surface area (Å²) in [6.07, 6.45) is 1.03. The Morgan fingerprint density at radius 2 is 1.85 bits per heavy atom. The smallest absolute Gasteiger partial charge is 0.410 e. The van der Waals surface area contributed by atoms with Crippen molar-refractivity contribution in [1.82, 2.24) is 4.90 Å². The molecule has 0 radical (unpaired) electrons. The van der Waals surface area contributed by atoms with Crippen molar-refractivity contribution in [3.8, 4) is 0 Å². The number of halogens is 1. The first kappa shape index (κ1) is 17.9. The second kappa shape index (κ2) is 8.47. The molecule has 26 heavy (non-hydrogen) atoms. The second-order valence-electron chi connectivity index (χ2n) is 6.32. The molecule has 2 amide bonds. The Bertz CT molecular complexity index is 749. The predicted octanol–water partition coefficient (Wildman–Crippen LogP) is 3.81. The molecule has 6 heteroatoms. The summed E-state index contributed by atoms with van der Waals surface area (Å²) < 4.78 is 18.3. The van der Waals surface area contributed by atoms with Crippen LogP contribution in [-0.4, -0.2) is 30.0 Å². The number of carbonyl (C=O) groups is 2. The zero-order chi connectivity index (χ0) is 18.4. The summed E-state index contributed by atoms with van der Waals surface area (Å²) >= 11 is 0. The van der Waals surface area contributed by atoms with E-state index in [-0.39, 0.29) is 24.2 Å². The summed E-state index contributed by atoms with van der Waals surface area (Å²) in [4.78, 5) is 26.3. The van der Waals surface area contributed by atoms with Gasteiger partial charge in [0.1, 0.15) is 12.4 Å². The molecular weight excluding hydrogens is 335 g/mol. The van der Waals surface area contributed by atoms with Gasteiger partial charge in [-0.05, 0) is 42.7 Å². The number of ether oxygens (including phenoxy) is 1. The average molecular weight is 356 g/mol. The molecule has 136 valence electrons. The lowest BCUT2D eigenvalue weighted by Gasteiger charge is -2.31. The van der Waals surface area contributed by atoms with Gasteiger partial charge in [0.25, 0.3) is 0 Å². The van der Waals surface area contributed by atoms with Gasteiger partial charge in [0.2, 0.25) is 5.91 Å². The highest BCUT2D eigenvalue weighted by atomic mass is 19.1. The molecule has 1 N–H and O–H groups in total. The summed E-state index contributed by atoms with van der Waals surface area (Å²) in [6.45, 7) is 1.11. The number of nitrogens with one attached hydrogen (secondary N) is 1. The van der Waals surface area contributed by atoms with E-state index in [2.05, 4.69) is 5.32 Å². The van der Waals surface area contributed by atoms with E-state index in [0.29, 0.717) is 25.2 Å². The summed E-state index contributed by atoms with van der Waals surface area (Å²) in [5, 5.41) is 2.77. The SMILES string of the molecule is O=C(Nc1ccc(F)cc1)[C@@H]1CCCN(C(=O)OCc2ccccc2)C1. The van der Waals surface area contributed by atoms with Crippen molar-refractivity contribution in [1.29, 1.82) is 0 Å². The molecular formula is C20H21FN2O3. The maximum absolute atomic E-state index is 12.9. The summed E-state index contributed by atoms with van der Waals surface area (Å²) in [5.74, 6) is -0.830. The summed E-state index contributed by atoms with van der Waals surface area (Å²) in [7, 11) is 0. The molecule has 1 saturated heterocycles. The van der Waals surface area contributed by atoms with E-state index >= 15 is 0 Å². The maximum atomic E-state index is 12.9. The third-order valence-corrected chi connectivity index (χ3v) is 4.37. The van der Waals surface area contributed by atoms with Gasteiger partial charge in [-0.25, -0.2) is 9.18 Å². The van der Waals surface area contributed by atoms with E-state index in [9.17, 15) is 14.0 Å². The minimum atomic E-state index is -0.409. The van der Waals surface area contributed by atoms with Gasteiger partial charge in [-0.1, -0.05) is 30.3 Å². The van der Waals surface area contributed by atoms with E-state index in [0.717, 1.165) is 12.0 Å². The minimum Gasteiger partial charge on any atom is -0.445 e. The number of amides is 2. The Kier molecular flexibility index (Phi) is 5.84. The Balaban J connectivity index is 1.52. The Morgan fingerprint density at radius 3 is 2.58 bits per heavy atom. The number of piperidine rings is 1. The van der Waals surface area contributed by atoms with Crippen LogP contribution in [0, 0.1) is 11.7 Å². The average Bonchev–Trinajstić information content (AvgIpc) is 2.69. The van der Waals surface area contributed by atoms with Crippen molar-refractivity contribution in [3.63, 3.8) is 0 Å². The molecule has 0 spiro atoms. The number of hydrogen-bond acceptors (Lipinski definition) is 3. The Hall–Kier alpha value is -2.89. The molecule has 2 aromatic carbocycles. The highest BCUT2D eigenvalue weighted by Gasteiger charge is 2.29. The zero-order valence-corrected chi connectivity index (χ0v) is 14.4. The van der Waals surface area contributed by atoms with E-state index < -0.39 is 6.09 Å². The van der Waals surface area contributed by atoms with Crippen LogP contribution in [0.3, 0.4) is 0 Å². The highest BCUT2D eigenvalue weighted by Crippen LogP contribution is 2.20. The molecule has 0 aliphatic carbocycles. The van der Waals surface area contributed by atoms with E-state index in [1.165, 1.54) is 24.3 Å². The number of hydrogen-bond donors (Lipinski definition) is 1. The normalized spacial score (nSPS) is 16.8. The van der Waals surface area contributed by atoms with Gasteiger partial charge in [-0.3, -0.25) is 4.79 Å². The molecule has 0 bridgehead atoms. The van der Waals surface area contributed by atoms with Crippen LogP contribution in [0.15, 0.2) is 54.6 Å². The molecule has 1 aliphatic rings. The van der Waals surface area contributed by atoms with Gasteiger partial charge in [0, 0.05) is 18.8 Å². The number of likely N-dealkylation sites (tertiary alicyclic amines) is 1.